The minimum atomic E-state index is -0.586. The smallest absolute Gasteiger partial charge is 0.0975 e. The highest BCUT2D eigenvalue weighted by Gasteiger charge is 2.08. The van der Waals surface area contributed by atoms with Crippen molar-refractivity contribution in [2.24, 2.45) is 0 Å². The van der Waals surface area contributed by atoms with E-state index in [2.05, 4.69) is 29.5 Å². The van der Waals surface area contributed by atoms with Crippen LogP contribution >= 0.6 is 64.3 Å². The maximum atomic E-state index is 8.69. The summed E-state index contributed by atoms with van der Waals surface area (Å²) >= 11 is 0. The Kier molecular flexibility index (Phi) is 12.0. The third-order valence-electron chi connectivity index (χ3n) is 0.683. The van der Waals surface area contributed by atoms with Crippen LogP contribution in [0.15, 0.2) is 0 Å². The third kappa shape index (κ3) is 7.79. The van der Waals surface area contributed by atoms with Crippen molar-refractivity contribution < 1.29 is 0 Å². The van der Waals surface area contributed by atoms with Gasteiger partial charge in [-0.2, -0.15) is 10.5 Å². The highest BCUT2D eigenvalue weighted by molar-refractivity contribution is 8.93. The van der Waals surface area contributed by atoms with Crippen molar-refractivity contribution in [3.05, 3.63) is 0 Å². The second-order valence-corrected chi connectivity index (χ2v) is 26.2. The number of nitrogens with zero attached hydrogens (tertiary/aromatic N) is 2. The molecule has 0 heterocycles. The molecule has 0 aromatic rings. The van der Waals surface area contributed by atoms with E-state index in [1.54, 1.807) is 0 Å². The molecule has 0 saturated carbocycles. The molecule has 8 unspecified atom stereocenters. The second-order valence-electron chi connectivity index (χ2n) is 1.38. The second kappa shape index (κ2) is 9.96. The Labute approximate surface area is 86.5 Å². The first kappa shape index (κ1) is 14.4. The summed E-state index contributed by atoms with van der Waals surface area (Å²) in [6.07, 6.45) is 0. The zero-order valence-corrected chi connectivity index (χ0v) is 14.0. The first-order chi connectivity index (χ1) is 5.74. The van der Waals surface area contributed by atoms with Crippen molar-refractivity contribution in [1.29, 1.82) is 10.5 Å². The standard InChI is InChI=1S/C2H8N2P8/c3-1-7-11(2-4)9-10-12(6)8-5/h7-10H,5-6H2. The molecule has 0 N–H and O–H groups in total. The fourth-order valence-electron chi connectivity index (χ4n) is 0.264. The molecule has 66 valence electrons. The van der Waals surface area contributed by atoms with E-state index in [0.717, 1.165) is 23.9 Å². The number of rotatable bonds is 5. The van der Waals surface area contributed by atoms with Gasteiger partial charge < -0.3 is 0 Å². The summed E-state index contributed by atoms with van der Waals surface area (Å²) in [6, 6.07) is 0. The minimum absolute atomic E-state index is 0.0804. The molecule has 0 fully saturated rings. The Morgan fingerprint density at radius 1 is 1.25 bits per heavy atom. The number of hydrogen-bond donors (Lipinski definition) is 0. The molecular formula is C2H8N2P8. The predicted molar refractivity (Wildman–Crippen MR) is 77.7 cm³/mol. The lowest BCUT2D eigenvalue weighted by Gasteiger charge is -2.09. The third-order valence-corrected chi connectivity index (χ3v) is 34.5. The zero-order chi connectivity index (χ0) is 9.40. The van der Waals surface area contributed by atoms with E-state index in [1.807, 2.05) is 0 Å². The first-order valence-electron chi connectivity index (χ1n) is 2.61. The molecule has 0 radical (unpaired) electrons. The highest BCUT2D eigenvalue weighted by atomic mass is 33.0. The summed E-state index contributed by atoms with van der Waals surface area (Å²) < 4.78 is 0. The Morgan fingerprint density at radius 2 is 1.92 bits per heavy atom. The summed E-state index contributed by atoms with van der Waals surface area (Å²) in [7, 11) is 7.82. The van der Waals surface area contributed by atoms with Crippen LogP contribution in [0.1, 0.15) is 0 Å². The van der Waals surface area contributed by atoms with Gasteiger partial charge in [0.25, 0.3) is 0 Å². The van der Waals surface area contributed by atoms with Crippen molar-refractivity contribution in [3.8, 4) is 11.6 Å². The molecule has 10 heteroatoms. The van der Waals surface area contributed by atoms with Gasteiger partial charge in [0, 0.05) is 8.27 Å². The minimum Gasteiger partial charge on any atom is -0.193 e. The van der Waals surface area contributed by atoms with Gasteiger partial charge in [0.1, 0.15) is 0 Å². The number of nitriles is 2. The molecule has 0 aliphatic carbocycles. The molecule has 0 aromatic heterocycles. The van der Waals surface area contributed by atoms with Gasteiger partial charge in [-0.05, 0) is 14.9 Å². The zero-order valence-electron chi connectivity index (χ0n) is 5.94. The normalized spacial score (nSPS) is 18.3. The average molecular weight is 308 g/mol. The van der Waals surface area contributed by atoms with Crippen LogP contribution in [0, 0.1) is 22.1 Å². The van der Waals surface area contributed by atoms with Crippen molar-refractivity contribution >= 4 is 64.3 Å². The van der Waals surface area contributed by atoms with Crippen LogP contribution < -0.4 is 0 Å². The van der Waals surface area contributed by atoms with Gasteiger partial charge in [-0.25, -0.2) is 0 Å². The van der Waals surface area contributed by atoms with Crippen molar-refractivity contribution in [1.82, 2.24) is 0 Å². The summed E-state index contributed by atoms with van der Waals surface area (Å²) in [6.45, 7) is 0.0804. The van der Waals surface area contributed by atoms with Crippen LogP contribution in [-0.2, 0) is 0 Å². The molecule has 8 atom stereocenters. The molecule has 0 rings (SSSR count). The van der Waals surface area contributed by atoms with Gasteiger partial charge in [0.15, 0.2) is 0 Å². The molecule has 0 aliphatic rings. The van der Waals surface area contributed by atoms with Gasteiger partial charge >= 0.3 is 0 Å². The van der Waals surface area contributed by atoms with E-state index >= 15 is 0 Å². The predicted octanol–water partition coefficient (Wildman–Crippen LogP) is 4.78. The molecule has 0 aliphatic heterocycles. The van der Waals surface area contributed by atoms with Crippen molar-refractivity contribution in [3.63, 3.8) is 0 Å². The lowest BCUT2D eigenvalue weighted by molar-refractivity contribution is 1.56. The summed E-state index contributed by atoms with van der Waals surface area (Å²) in [5, 5.41) is 17.1. The topological polar surface area (TPSA) is 47.6 Å². The Bertz CT molecular complexity index is 192. The van der Waals surface area contributed by atoms with Gasteiger partial charge in [0.2, 0.25) is 0 Å². The van der Waals surface area contributed by atoms with Crippen molar-refractivity contribution in [2.75, 3.05) is 0 Å². The fraction of sp³-hybridized carbons (Fsp3) is 0. The monoisotopic (exact) mass is 308 g/mol. The summed E-state index contributed by atoms with van der Waals surface area (Å²) in [5.41, 5.74) is 0. The van der Waals surface area contributed by atoms with Crippen LogP contribution in [0.2, 0.25) is 0 Å². The summed E-state index contributed by atoms with van der Waals surface area (Å²) in [4.78, 5) is 0. The lowest BCUT2D eigenvalue weighted by atomic mass is 11.8. The van der Waals surface area contributed by atoms with Crippen LogP contribution in [0.3, 0.4) is 0 Å². The van der Waals surface area contributed by atoms with Gasteiger partial charge in [-0.15, -0.1) is 17.9 Å². The van der Waals surface area contributed by atoms with E-state index in [9.17, 15) is 0 Å². The van der Waals surface area contributed by atoms with Crippen LogP contribution in [0.5, 0.6) is 0 Å². The highest BCUT2D eigenvalue weighted by Crippen LogP contribution is 2.90. The first-order valence-corrected chi connectivity index (χ1v) is 17.1. The molecule has 0 aromatic carbocycles. The van der Waals surface area contributed by atoms with Gasteiger partial charge in [-0.1, -0.05) is 15.9 Å². The Morgan fingerprint density at radius 3 is 2.33 bits per heavy atom. The molecule has 0 bridgehead atoms. The average Bonchev–Trinajstić information content (AvgIpc) is 2.11. The van der Waals surface area contributed by atoms with Crippen LogP contribution in [0.25, 0.3) is 0 Å². The maximum absolute atomic E-state index is 8.69. The summed E-state index contributed by atoms with van der Waals surface area (Å²) in [5.74, 6) is 4.36. The van der Waals surface area contributed by atoms with E-state index in [4.69, 9.17) is 10.5 Å². The fourth-order valence-corrected chi connectivity index (χ4v) is 33.1. The molecule has 2 nitrogen and oxygen atoms in total. The van der Waals surface area contributed by atoms with Crippen LogP contribution in [-0.4, -0.2) is 0 Å². The molecule has 12 heavy (non-hydrogen) atoms. The van der Waals surface area contributed by atoms with Crippen molar-refractivity contribution in [2.45, 2.75) is 0 Å². The molecule has 0 spiro atoms. The Balaban J connectivity index is 3.61. The molecule has 0 amide bonds. The van der Waals surface area contributed by atoms with E-state index in [0.29, 0.717) is 0 Å². The van der Waals surface area contributed by atoms with E-state index in [-0.39, 0.29) is 15.3 Å². The van der Waals surface area contributed by atoms with E-state index < -0.39 is 7.30 Å². The maximum Gasteiger partial charge on any atom is 0.0975 e. The molecular weight excluding hydrogens is 300 g/mol. The quantitative estimate of drug-likeness (QED) is 0.686. The van der Waals surface area contributed by atoms with E-state index in [1.165, 1.54) is 0 Å². The van der Waals surface area contributed by atoms with Gasteiger partial charge in [-0.3, -0.25) is 0 Å². The lowest BCUT2D eigenvalue weighted by Crippen LogP contribution is -1.38. The SMILES string of the molecule is N#CPP(C#N)PPP(P)PP. The number of hydrogen-bond acceptors (Lipinski definition) is 2. The Hall–Kier alpha value is 2.42. The van der Waals surface area contributed by atoms with Gasteiger partial charge in [0.05, 0.1) is 18.9 Å². The van der Waals surface area contributed by atoms with Crippen LogP contribution in [0.4, 0.5) is 0 Å². The molecule has 0 saturated heterocycles. The largest absolute Gasteiger partial charge is 0.193 e.